The molecule has 1 aromatic rings. The van der Waals surface area contributed by atoms with Crippen molar-refractivity contribution in [3.8, 4) is 5.75 Å². The second-order valence-electron chi connectivity index (χ2n) is 5.93. The number of hydrogen-bond donors (Lipinski definition) is 0. The topological polar surface area (TPSA) is 43.4 Å². The molecule has 0 heterocycles. The van der Waals surface area contributed by atoms with E-state index in [9.17, 15) is 9.59 Å². The van der Waals surface area contributed by atoms with E-state index in [4.69, 9.17) is 4.43 Å². The average Bonchev–Trinajstić information content (AvgIpc) is 2.26. The van der Waals surface area contributed by atoms with Crippen molar-refractivity contribution in [2.45, 2.75) is 38.9 Å². The molecule has 0 aliphatic carbocycles. The molecule has 0 amide bonds. The summed E-state index contributed by atoms with van der Waals surface area (Å²) in [5, 5.41) is 0.0749. The molecule has 0 fully saturated rings. The Hall–Kier alpha value is -1.42. The van der Waals surface area contributed by atoms with E-state index >= 15 is 0 Å². The largest absolute Gasteiger partial charge is 0.543 e. The highest BCUT2D eigenvalue weighted by atomic mass is 28.4. The van der Waals surface area contributed by atoms with Crippen molar-refractivity contribution in [3.63, 3.8) is 0 Å². The molecule has 1 rings (SSSR count). The van der Waals surface area contributed by atoms with E-state index in [1.165, 1.54) is 0 Å². The van der Waals surface area contributed by atoms with E-state index in [0.29, 0.717) is 16.9 Å². The highest BCUT2D eigenvalue weighted by Gasteiger charge is 2.39. The first kappa shape index (κ1) is 14.6. The minimum Gasteiger partial charge on any atom is -0.543 e. The van der Waals surface area contributed by atoms with Crippen molar-refractivity contribution in [3.05, 3.63) is 29.3 Å². The van der Waals surface area contributed by atoms with Crippen molar-refractivity contribution in [1.82, 2.24) is 0 Å². The molecule has 0 saturated heterocycles. The molecule has 0 aromatic heterocycles. The van der Waals surface area contributed by atoms with Crippen molar-refractivity contribution in [1.29, 1.82) is 0 Å². The summed E-state index contributed by atoms with van der Waals surface area (Å²) in [4.78, 5) is 21.7. The zero-order valence-corrected chi connectivity index (χ0v) is 12.6. The number of aldehydes is 2. The van der Waals surface area contributed by atoms with Gasteiger partial charge in [-0.25, -0.2) is 0 Å². The summed E-state index contributed by atoms with van der Waals surface area (Å²) in [6.07, 6.45) is 1.46. The van der Waals surface area contributed by atoms with E-state index in [1.54, 1.807) is 18.2 Å². The maximum Gasteiger partial charge on any atom is 0.250 e. The van der Waals surface area contributed by atoms with Crippen LogP contribution in [0.1, 0.15) is 41.5 Å². The number of hydrogen-bond acceptors (Lipinski definition) is 3. The van der Waals surface area contributed by atoms with Crippen LogP contribution in [0.5, 0.6) is 5.75 Å². The lowest BCUT2D eigenvalue weighted by atomic mass is 10.1. The van der Waals surface area contributed by atoms with Crippen LogP contribution in [0.25, 0.3) is 0 Å². The van der Waals surface area contributed by atoms with Crippen molar-refractivity contribution < 1.29 is 14.0 Å². The summed E-state index contributed by atoms with van der Waals surface area (Å²) < 4.78 is 6.07. The maximum atomic E-state index is 10.8. The molecule has 0 spiro atoms. The smallest absolute Gasteiger partial charge is 0.250 e. The Labute approximate surface area is 109 Å². The van der Waals surface area contributed by atoms with E-state index in [2.05, 4.69) is 33.9 Å². The molecule has 0 aliphatic rings. The van der Waals surface area contributed by atoms with E-state index in [1.807, 2.05) is 0 Å². The lowest BCUT2D eigenvalue weighted by Gasteiger charge is -2.36. The predicted octanol–water partition coefficient (Wildman–Crippen LogP) is 3.70. The molecule has 3 nitrogen and oxygen atoms in total. The van der Waals surface area contributed by atoms with Crippen LogP contribution in [0.3, 0.4) is 0 Å². The monoisotopic (exact) mass is 264 g/mol. The first-order chi connectivity index (χ1) is 8.19. The van der Waals surface area contributed by atoms with Gasteiger partial charge in [0.2, 0.25) is 8.32 Å². The van der Waals surface area contributed by atoms with Gasteiger partial charge in [-0.2, -0.15) is 0 Å². The fraction of sp³-hybridized carbons (Fsp3) is 0.429. The van der Waals surface area contributed by atoms with Crippen molar-refractivity contribution in [2.24, 2.45) is 0 Å². The van der Waals surface area contributed by atoms with Gasteiger partial charge in [0, 0.05) is 11.1 Å². The minimum atomic E-state index is -1.95. The molecule has 0 radical (unpaired) electrons. The Morgan fingerprint density at radius 2 is 1.44 bits per heavy atom. The molecule has 0 aliphatic heterocycles. The van der Waals surface area contributed by atoms with Gasteiger partial charge < -0.3 is 4.43 Å². The fourth-order valence-electron chi connectivity index (χ4n) is 1.29. The maximum absolute atomic E-state index is 10.8. The zero-order chi connectivity index (χ0) is 14.0. The Kier molecular flexibility index (Phi) is 4.11. The van der Waals surface area contributed by atoms with Crippen LogP contribution < -0.4 is 4.43 Å². The first-order valence-electron chi connectivity index (χ1n) is 5.94. The molecule has 0 saturated carbocycles. The molecular formula is C14H20O3Si. The molecular weight excluding hydrogens is 244 g/mol. The fourth-order valence-corrected chi connectivity index (χ4v) is 2.30. The molecule has 18 heavy (non-hydrogen) atoms. The van der Waals surface area contributed by atoms with Crippen molar-refractivity contribution in [2.75, 3.05) is 0 Å². The van der Waals surface area contributed by atoms with Gasteiger partial charge in [-0.15, -0.1) is 0 Å². The highest BCUT2D eigenvalue weighted by Crippen LogP contribution is 2.37. The minimum absolute atomic E-state index is 0.0749. The van der Waals surface area contributed by atoms with Gasteiger partial charge in [0.15, 0.2) is 0 Å². The summed E-state index contributed by atoms with van der Waals surface area (Å²) in [5.74, 6) is 0.605. The highest BCUT2D eigenvalue weighted by molar-refractivity contribution is 6.74. The second-order valence-corrected chi connectivity index (χ2v) is 10.7. The van der Waals surface area contributed by atoms with Crippen LogP contribution in [0, 0.1) is 0 Å². The number of benzene rings is 1. The van der Waals surface area contributed by atoms with Gasteiger partial charge >= 0.3 is 0 Å². The summed E-state index contributed by atoms with van der Waals surface area (Å²) in [7, 11) is -1.95. The summed E-state index contributed by atoms with van der Waals surface area (Å²) in [6, 6.07) is 4.92. The SMILES string of the molecule is CC(C)(C)[Si](C)(C)Oc1cc(C=O)cc(C=O)c1. The van der Waals surface area contributed by atoms with Crippen LogP contribution in [-0.2, 0) is 0 Å². The third-order valence-electron chi connectivity index (χ3n) is 3.40. The average molecular weight is 264 g/mol. The third-order valence-corrected chi connectivity index (χ3v) is 7.76. The summed E-state index contributed by atoms with van der Waals surface area (Å²) in [6.45, 7) is 10.7. The van der Waals surface area contributed by atoms with Crippen LogP contribution in [0.4, 0.5) is 0 Å². The van der Waals surface area contributed by atoms with Crippen molar-refractivity contribution >= 4 is 20.9 Å². The van der Waals surface area contributed by atoms with Crippen LogP contribution >= 0.6 is 0 Å². The second kappa shape index (κ2) is 5.06. The molecule has 0 unspecified atom stereocenters. The summed E-state index contributed by atoms with van der Waals surface area (Å²) in [5.41, 5.74) is 0.932. The Bertz CT molecular complexity index is 432. The van der Waals surface area contributed by atoms with E-state index in [0.717, 1.165) is 12.6 Å². The van der Waals surface area contributed by atoms with Gasteiger partial charge in [0.25, 0.3) is 0 Å². The van der Waals surface area contributed by atoms with Crippen LogP contribution in [0.15, 0.2) is 18.2 Å². The van der Waals surface area contributed by atoms with Gasteiger partial charge in [0.05, 0.1) is 0 Å². The molecule has 4 heteroatoms. The molecule has 0 N–H and O–H groups in total. The standard InChI is InChI=1S/C14H20O3Si/c1-14(2,3)18(4,5)17-13-7-11(9-15)6-12(8-13)10-16/h6-10H,1-5H3. The van der Waals surface area contributed by atoms with Crippen LogP contribution in [0.2, 0.25) is 18.1 Å². The van der Waals surface area contributed by atoms with Gasteiger partial charge in [-0.1, -0.05) is 20.8 Å². The number of carbonyl (C=O) groups is 2. The zero-order valence-electron chi connectivity index (χ0n) is 11.6. The lowest BCUT2D eigenvalue weighted by Crippen LogP contribution is -2.43. The van der Waals surface area contributed by atoms with E-state index < -0.39 is 8.32 Å². The quantitative estimate of drug-likeness (QED) is 0.615. The molecule has 0 atom stereocenters. The molecule has 0 bridgehead atoms. The number of carbonyl (C=O) groups excluding carboxylic acids is 2. The molecule has 1 aromatic carbocycles. The van der Waals surface area contributed by atoms with Gasteiger partial charge in [-0.05, 0) is 36.3 Å². The Balaban J connectivity index is 3.11. The van der Waals surface area contributed by atoms with Gasteiger partial charge in [-0.3, -0.25) is 9.59 Å². The predicted molar refractivity (Wildman–Crippen MR) is 75.0 cm³/mol. The third kappa shape index (κ3) is 3.29. The summed E-state index contributed by atoms with van der Waals surface area (Å²) >= 11 is 0. The number of rotatable bonds is 4. The molecule has 98 valence electrons. The Morgan fingerprint density at radius 1 is 1.00 bits per heavy atom. The first-order valence-corrected chi connectivity index (χ1v) is 8.85. The Morgan fingerprint density at radius 3 is 1.78 bits per heavy atom. The normalized spacial score (nSPS) is 12.1. The van der Waals surface area contributed by atoms with Gasteiger partial charge in [0.1, 0.15) is 18.3 Å². The van der Waals surface area contributed by atoms with E-state index in [-0.39, 0.29) is 5.04 Å². The lowest BCUT2D eigenvalue weighted by molar-refractivity contribution is 0.112. The van der Waals surface area contributed by atoms with Crippen LogP contribution in [-0.4, -0.2) is 20.9 Å².